The molecule has 0 aliphatic heterocycles. The number of rotatable bonds is 5. The minimum Gasteiger partial charge on any atom is -0.298 e. The van der Waals surface area contributed by atoms with Crippen LogP contribution in [-0.2, 0) is 6.54 Å². The predicted molar refractivity (Wildman–Crippen MR) is 65.0 cm³/mol. The van der Waals surface area contributed by atoms with Crippen molar-refractivity contribution in [2.75, 3.05) is 13.1 Å². The Morgan fingerprint density at radius 2 is 1.93 bits per heavy atom. The van der Waals surface area contributed by atoms with Gasteiger partial charge in [0, 0.05) is 12.7 Å². The molecular weight excluding hydrogens is 184 g/mol. The molecule has 1 heterocycles. The first kappa shape index (κ1) is 12.2. The molecule has 0 bridgehead atoms. The molecule has 0 spiro atoms. The third-order valence-corrected chi connectivity index (χ3v) is 2.79. The van der Waals surface area contributed by atoms with Crippen molar-refractivity contribution in [1.82, 2.24) is 9.88 Å². The van der Waals surface area contributed by atoms with E-state index in [2.05, 4.69) is 49.7 Å². The molecule has 0 radical (unpaired) electrons. The van der Waals surface area contributed by atoms with E-state index in [1.165, 1.54) is 11.3 Å². The van der Waals surface area contributed by atoms with Crippen LogP contribution in [0.15, 0.2) is 18.3 Å². The number of hydrogen-bond donors (Lipinski definition) is 0. The molecule has 0 aromatic carbocycles. The average Bonchev–Trinajstić information content (AvgIpc) is 2.26. The van der Waals surface area contributed by atoms with E-state index < -0.39 is 0 Å². The fourth-order valence-corrected chi connectivity index (χ4v) is 1.62. The number of pyridine rings is 1. The van der Waals surface area contributed by atoms with Gasteiger partial charge in [-0.25, -0.2) is 0 Å². The molecule has 0 unspecified atom stereocenters. The summed E-state index contributed by atoms with van der Waals surface area (Å²) in [5, 5.41) is 0. The van der Waals surface area contributed by atoms with Gasteiger partial charge in [0.25, 0.3) is 0 Å². The van der Waals surface area contributed by atoms with Crippen LogP contribution in [0, 0.1) is 0 Å². The van der Waals surface area contributed by atoms with Gasteiger partial charge in [0.1, 0.15) is 0 Å². The summed E-state index contributed by atoms with van der Waals surface area (Å²) in [7, 11) is 0. The first-order valence-electron chi connectivity index (χ1n) is 5.84. The van der Waals surface area contributed by atoms with Gasteiger partial charge in [-0.15, -0.1) is 0 Å². The van der Waals surface area contributed by atoms with E-state index >= 15 is 0 Å². The maximum absolute atomic E-state index is 4.42. The molecule has 2 nitrogen and oxygen atoms in total. The molecule has 0 aliphatic carbocycles. The van der Waals surface area contributed by atoms with Crippen molar-refractivity contribution in [3.05, 3.63) is 29.6 Å². The van der Waals surface area contributed by atoms with Crippen LogP contribution in [0.4, 0.5) is 0 Å². The van der Waals surface area contributed by atoms with Crippen LogP contribution in [0.1, 0.15) is 44.9 Å². The Morgan fingerprint density at radius 3 is 2.47 bits per heavy atom. The van der Waals surface area contributed by atoms with Crippen molar-refractivity contribution >= 4 is 0 Å². The van der Waals surface area contributed by atoms with Crippen LogP contribution in [0.25, 0.3) is 0 Å². The Labute approximate surface area is 93.3 Å². The summed E-state index contributed by atoms with van der Waals surface area (Å²) < 4.78 is 0. The largest absolute Gasteiger partial charge is 0.298 e. The SMILES string of the molecule is CCN(CC)Cc1cc(C(C)C)ccn1. The molecule has 0 saturated carbocycles. The molecule has 0 fully saturated rings. The summed E-state index contributed by atoms with van der Waals surface area (Å²) >= 11 is 0. The van der Waals surface area contributed by atoms with Crippen LogP contribution in [0.2, 0.25) is 0 Å². The quantitative estimate of drug-likeness (QED) is 0.736. The van der Waals surface area contributed by atoms with Gasteiger partial charge in [-0.05, 0) is 36.7 Å². The van der Waals surface area contributed by atoms with Gasteiger partial charge in [-0.2, -0.15) is 0 Å². The summed E-state index contributed by atoms with van der Waals surface area (Å²) in [6.45, 7) is 12.0. The summed E-state index contributed by atoms with van der Waals surface area (Å²) in [5.74, 6) is 0.587. The first-order valence-corrected chi connectivity index (χ1v) is 5.84. The minimum absolute atomic E-state index is 0.587. The van der Waals surface area contributed by atoms with Crippen LogP contribution in [0.3, 0.4) is 0 Å². The van der Waals surface area contributed by atoms with Gasteiger partial charge < -0.3 is 0 Å². The Hall–Kier alpha value is -0.890. The summed E-state index contributed by atoms with van der Waals surface area (Å²) in [6, 6.07) is 4.33. The lowest BCUT2D eigenvalue weighted by Crippen LogP contribution is -2.22. The molecule has 0 saturated heterocycles. The molecule has 0 aliphatic rings. The molecule has 0 amide bonds. The molecule has 84 valence electrons. The van der Waals surface area contributed by atoms with Crippen LogP contribution < -0.4 is 0 Å². The van der Waals surface area contributed by atoms with Crippen molar-refractivity contribution in [2.24, 2.45) is 0 Å². The molecule has 2 heteroatoms. The zero-order chi connectivity index (χ0) is 11.3. The Kier molecular flexibility index (Phi) is 4.76. The van der Waals surface area contributed by atoms with Crippen LogP contribution in [-0.4, -0.2) is 23.0 Å². The second-order valence-corrected chi connectivity index (χ2v) is 4.20. The van der Waals surface area contributed by atoms with Crippen LogP contribution >= 0.6 is 0 Å². The Morgan fingerprint density at radius 1 is 1.27 bits per heavy atom. The smallest absolute Gasteiger partial charge is 0.0546 e. The van der Waals surface area contributed by atoms with Gasteiger partial charge >= 0.3 is 0 Å². The lowest BCUT2D eigenvalue weighted by molar-refractivity contribution is 0.292. The van der Waals surface area contributed by atoms with E-state index in [4.69, 9.17) is 0 Å². The van der Waals surface area contributed by atoms with E-state index in [9.17, 15) is 0 Å². The van der Waals surface area contributed by atoms with Crippen molar-refractivity contribution in [2.45, 2.75) is 40.2 Å². The summed E-state index contributed by atoms with van der Waals surface area (Å²) in [5.41, 5.74) is 2.57. The molecule has 1 aromatic rings. The number of hydrogen-bond acceptors (Lipinski definition) is 2. The normalized spacial score (nSPS) is 11.3. The summed E-state index contributed by atoms with van der Waals surface area (Å²) in [4.78, 5) is 6.80. The number of nitrogens with zero attached hydrogens (tertiary/aromatic N) is 2. The lowest BCUT2D eigenvalue weighted by atomic mass is 10.0. The topological polar surface area (TPSA) is 16.1 Å². The summed E-state index contributed by atoms with van der Waals surface area (Å²) in [6.07, 6.45) is 1.92. The van der Waals surface area contributed by atoms with Gasteiger partial charge in [-0.3, -0.25) is 9.88 Å². The minimum atomic E-state index is 0.587. The molecule has 1 rings (SSSR count). The highest BCUT2D eigenvalue weighted by Gasteiger charge is 2.04. The highest BCUT2D eigenvalue weighted by Crippen LogP contribution is 2.14. The highest BCUT2D eigenvalue weighted by molar-refractivity contribution is 5.19. The molecular formula is C13H22N2. The van der Waals surface area contributed by atoms with E-state index in [-0.39, 0.29) is 0 Å². The van der Waals surface area contributed by atoms with Gasteiger partial charge in [0.2, 0.25) is 0 Å². The average molecular weight is 206 g/mol. The van der Waals surface area contributed by atoms with Crippen molar-refractivity contribution < 1.29 is 0 Å². The third-order valence-electron chi connectivity index (χ3n) is 2.79. The maximum atomic E-state index is 4.42. The highest BCUT2D eigenvalue weighted by atomic mass is 15.1. The lowest BCUT2D eigenvalue weighted by Gasteiger charge is -2.18. The van der Waals surface area contributed by atoms with E-state index in [1.54, 1.807) is 0 Å². The molecule has 0 N–H and O–H groups in total. The van der Waals surface area contributed by atoms with Gasteiger partial charge in [0.15, 0.2) is 0 Å². The third kappa shape index (κ3) is 3.63. The Bertz CT molecular complexity index is 290. The monoisotopic (exact) mass is 206 g/mol. The standard InChI is InChI=1S/C13H22N2/c1-5-15(6-2)10-13-9-12(11(3)4)7-8-14-13/h7-9,11H,5-6,10H2,1-4H3. The van der Waals surface area contributed by atoms with Crippen molar-refractivity contribution in [3.63, 3.8) is 0 Å². The second-order valence-electron chi connectivity index (χ2n) is 4.20. The van der Waals surface area contributed by atoms with Crippen LogP contribution in [0.5, 0.6) is 0 Å². The number of aromatic nitrogens is 1. The fourth-order valence-electron chi connectivity index (χ4n) is 1.62. The second kappa shape index (κ2) is 5.86. The van der Waals surface area contributed by atoms with Gasteiger partial charge in [0.05, 0.1) is 5.69 Å². The van der Waals surface area contributed by atoms with E-state index in [0.717, 1.165) is 19.6 Å². The van der Waals surface area contributed by atoms with Crippen molar-refractivity contribution in [3.8, 4) is 0 Å². The Balaban J connectivity index is 2.72. The molecule has 0 atom stereocenters. The first-order chi connectivity index (χ1) is 7.17. The molecule has 1 aromatic heterocycles. The fraction of sp³-hybridized carbons (Fsp3) is 0.615. The predicted octanol–water partition coefficient (Wildman–Crippen LogP) is 3.05. The zero-order valence-corrected chi connectivity index (χ0v) is 10.3. The maximum Gasteiger partial charge on any atom is 0.0546 e. The van der Waals surface area contributed by atoms with E-state index in [0.29, 0.717) is 5.92 Å². The zero-order valence-electron chi connectivity index (χ0n) is 10.3. The van der Waals surface area contributed by atoms with Crippen molar-refractivity contribution in [1.29, 1.82) is 0 Å². The molecule has 15 heavy (non-hydrogen) atoms. The van der Waals surface area contributed by atoms with E-state index in [1.807, 2.05) is 6.20 Å². The van der Waals surface area contributed by atoms with Gasteiger partial charge in [-0.1, -0.05) is 27.7 Å².